The molecule has 3 N–H and O–H groups in total. The molecule has 70 valence electrons. The van der Waals surface area contributed by atoms with Crippen molar-refractivity contribution in [3.05, 3.63) is 23.8 Å². The lowest BCUT2D eigenvalue weighted by Gasteiger charge is -2.05. The van der Waals surface area contributed by atoms with Gasteiger partial charge in [0.15, 0.2) is 0 Å². The predicted octanol–water partition coefficient (Wildman–Crippen LogP) is 1.37. The second-order valence-corrected chi connectivity index (χ2v) is 2.53. The summed E-state index contributed by atoms with van der Waals surface area (Å²) in [7, 11) is 0. The highest BCUT2D eigenvalue weighted by Crippen LogP contribution is 2.18. The molecule has 1 aromatic rings. The second-order valence-electron chi connectivity index (χ2n) is 2.53. The molecule has 0 saturated carbocycles. The van der Waals surface area contributed by atoms with Crippen LogP contribution in [0.2, 0.25) is 0 Å². The molecule has 0 spiro atoms. The fourth-order valence-corrected chi connectivity index (χ4v) is 0.996. The number of carbonyl (C=O) groups is 1. The molecule has 0 aromatic heterocycles. The second kappa shape index (κ2) is 3.80. The summed E-state index contributed by atoms with van der Waals surface area (Å²) in [6.07, 6.45) is 0. The maximum absolute atomic E-state index is 10.6. The molecule has 0 unspecified atom stereocenters. The topological polar surface area (TPSA) is 72.5 Å². The molecule has 0 saturated heterocycles. The third kappa shape index (κ3) is 2.37. The molecule has 0 radical (unpaired) electrons. The lowest BCUT2D eigenvalue weighted by molar-refractivity contribution is 0.0696. The van der Waals surface area contributed by atoms with E-state index in [1.54, 1.807) is 6.07 Å². The predicted molar refractivity (Wildman–Crippen MR) is 49.0 cm³/mol. The van der Waals surface area contributed by atoms with Crippen LogP contribution < -0.4 is 10.5 Å². The third-order valence-electron chi connectivity index (χ3n) is 1.49. The van der Waals surface area contributed by atoms with Gasteiger partial charge in [-0.15, -0.1) is 0 Å². The first-order chi connectivity index (χ1) is 6.13. The number of ether oxygens (including phenoxy) is 1. The van der Waals surface area contributed by atoms with E-state index in [1.165, 1.54) is 12.1 Å². The molecular weight excluding hydrogens is 170 g/mol. The van der Waals surface area contributed by atoms with Gasteiger partial charge in [-0.25, -0.2) is 4.79 Å². The van der Waals surface area contributed by atoms with Crippen LogP contribution in [0.25, 0.3) is 0 Å². The summed E-state index contributed by atoms with van der Waals surface area (Å²) < 4.78 is 5.13. The summed E-state index contributed by atoms with van der Waals surface area (Å²) in [6.45, 7) is 2.31. The normalized spacial score (nSPS) is 9.62. The van der Waals surface area contributed by atoms with Gasteiger partial charge in [-0.1, -0.05) is 0 Å². The monoisotopic (exact) mass is 181 g/mol. The summed E-state index contributed by atoms with van der Waals surface area (Å²) in [6, 6.07) is 4.43. The van der Waals surface area contributed by atoms with Crippen molar-refractivity contribution < 1.29 is 14.6 Å². The number of aromatic carboxylic acids is 1. The van der Waals surface area contributed by atoms with Crippen LogP contribution in [0.5, 0.6) is 5.75 Å². The molecule has 0 aliphatic carbocycles. The molecule has 4 heteroatoms. The van der Waals surface area contributed by atoms with Crippen molar-refractivity contribution in [2.45, 2.75) is 6.92 Å². The van der Waals surface area contributed by atoms with Crippen LogP contribution in [-0.2, 0) is 0 Å². The molecular formula is C9H11NO3. The van der Waals surface area contributed by atoms with Crippen LogP contribution in [0.1, 0.15) is 17.3 Å². The first-order valence-electron chi connectivity index (χ1n) is 3.90. The number of benzene rings is 1. The van der Waals surface area contributed by atoms with Crippen molar-refractivity contribution in [1.29, 1.82) is 0 Å². The number of carboxylic acid groups (broad SMARTS) is 1. The Balaban J connectivity index is 3.03. The van der Waals surface area contributed by atoms with E-state index in [0.717, 1.165) is 0 Å². The molecule has 13 heavy (non-hydrogen) atoms. The number of hydrogen-bond acceptors (Lipinski definition) is 3. The molecule has 0 aliphatic rings. The average molecular weight is 181 g/mol. The third-order valence-corrected chi connectivity index (χ3v) is 1.49. The summed E-state index contributed by atoms with van der Waals surface area (Å²) in [4.78, 5) is 10.6. The minimum absolute atomic E-state index is 0.142. The molecule has 4 nitrogen and oxygen atoms in total. The Hall–Kier alpha value is -1.71. The summed E-state index contributed by atoms with van der Waals surface area (Å²) in [5, 5.41) is 8.69. The van der Waals surface area contributed by atoms with Gasteiger partial charge in [0, 0.05) is 11.8 Å². The zero-order valence-corrected chi connectivity index (χ0v) is 7.28. The van der Waals surface area contributed by atoms with E-state index < -0.39 is 5.97 Å². The van der Waals surface area contributed by atoms with Gasteiger partial charge in [-0.3, -0.25) is 0 Å². The number of nitrogen functional groups attached to an aromatic ring is 1. The zero-order chi connectivity index (χ0) is 9.84. The molecule has 1 aromatic carbocycles. The van der Waals surface area contributed by atoms with Gasteiger partial charge in [0.1, 0.15) is 5.75 Å². The van der Waals surface area contributed by atoms with Gasteiger partial charge < -0.3 is 15.6 Å². The highest BCUT2D eigenvalue weighted by molar-refractivity contribution is 5.89. The molecule has 1 rings (SSSR count). The van der Waals surface area contributed by atoms with E-state index in [4.69, 9.17) is 15.6 Å². The minimum Gasteiger partial charge on any atom is -0.494 e. The van der Waals surface area contributed by atoms with Gasteiger partial charge in [0.25, 0.3) is 0 Å². The highest BCUT2D eigenvalue weighted by atomic mass is 16.5. The number of nitrogens with two attached hydrogens (primary N) is 1. The summed E-state index contributed by atoms with van der Waals surface area (Å²) in [5.74, 6) is -0.520. The minimum atomic E-state index is -1.01. The van der Waals surface area contributed by atoms with Gasteiger partial charge >= 0.3 is 5.97 Å². The van der Waals surface area contributed by atoms with Crippen molar-refractivity contribution in [2.75, 3.05) is 12.3 Å². The van der Waals surface area contributed by atoms with E-state index in [0.29, 0.717) is 18.0 Å². The van der Waals surface area contributed by atoms with E-state index in [1.807, 2.05) is 6.92 Å². The van der Waals surface area contributed by atoms with Crippen LogP contribution in [0.4, 0.5) is 5.69 Å². The Kier molecular flexibility index (Phi) is 2.74. The van der Waals surface area contributed by atoms with Gasteiger partial charge in [0.2, 0.25) is 0 Å². The first-order valence-corrected chi connectivity index (χ1v) is 3.90. The van der Waals surface area contributed by atoms with Crippen LogP contribution in [0, 0.1) is 0 Å². The standard InChI is InChI=1S/C9H11NO3/c1-2-13-8-4-6(9(11)12)3-7(10)5-8/h3-5H,2,10H2,1H3,(H,11,12). The van der Waals surface area contributed by atoms with E-state index >= 15 is 0 Å². The number of hydrogen-bond donors (Lipinski definition) is 2. The van der Waals surface area contributed by atoms with E-state index in [-0.39, 0.29) is 5.56 Å². The highest BCUT2D eigenvalue weighted by Gasteiger charge is 2.05. The molecule has 0 atom stereocenters. The van der Waals surface area contributed by atoms with Gasteiger partial charge in [-0.05, 0) is 19.1 Å². The SMILES string of the molecule is CCOc1cc(N)cc(C(=O)O)c1. The molecule has 0 heterocycles. The van der Waals surface area contributed by atoms with Crippen LogP contribution >= 0.6 is 0 Å². The Morgan fingerprint density at radius 3 is 2.77 bits per heavy atom. The van der Waals surface area contributed by atoms with Crippen LogP contribution in [-0.4, -0.2) is 17.7 Å². The number of carboxylic acids is 1. The van der Waals surface area contributed by atoms with Crippen molar-refractivity contribution >= 4 is 11.7 Å². The molecule has 0 fully saturated rings. The fourth-order valence-electron chi connectivity index (χ4n) is 0.996. The summed E-state index contributed by atoms with van der Waals surface area (Å²) in [5.41, 5.74) is 6.02. The van der Waals surface area contributed by atoms with Crippen LogP contribution in [0.3, 0.4) is 0 Å². The lowest BCUT2D eigenvalue weighted by atomic mass is 10.2. The van der Waals surface area contributed by atoms with Crippen LogP contribution in [0.15, 0.2) is 18.2 Å². The Morgan fingerprint density at radius 1 is 1.54 bits per heavy atom. The van der Waals surface area contributed by atoms with E-state index in [2.05, 4.69) is 0 Å². The zero-order valence-electron chi connectivity index (χ0n) is 7.28. The summed E-state index contributed by atoms with van der Waals surface area (Å²) >= 11 is 0. The number of anilines is 1. The van der Waals surface area contributed by atoms with Gasteiger partial charge in [-0.2, -0.15) is 0 Å². The smallest absolute Gasteiger partial charge is 0.335 e. The Morgan fingerprint density at radius 2 is 2.23 bits per heavy atom. The maximum Gasteiger partial charge on any atom is 0.335 e. The molecule has 0 amide bonds. The fraction of sp³-hybridized carbons (Fsp3) is 0.222. The lowest BCUT2D eigenvalue weighted by Crippen LogP contribution is -2.00. The van der Waals surface area contributed by atoms with Crippen molar-refractivity contribution in [1.82, 2.24) is 0 Å². The molecule has 0 bridgehead atoms. The van der Waals surface area contributed by atoms with Gasteiger partial charge in [0.05, 0.1) is 12.2 Å². The first kappa shape index (κ1) is 9.38. The molecule has 0 aliphatic heterocycles. The number of rotatable bonds is 3. The largest absolute Gasteiger partial charge is 0.494 e. The van der Waals surface area contributed by atoms with E-state index in [9.17, 15) is 4.79 Å². The Labute approximate surface area is 75.9 Å². The average Bonchev–Trinajstić information content (AvgIpc) is 2.03. The van der Waals surface area contributed by atoms with Crippen molar-refractivity contribution in [3.63, 3.8) is 0 Å². The van der Waals surface area contributed by atoms with Crippen molar-refractivity contribution in [3.8, 4) is 5.75 Å². The quantitative estimate of drug-likeness (QED) is 0.690. The van der Waals surface area contributed by atoms with Crippen molar-refractivity contribution in [2.24, 2.45) is 0 Å². The maximum atomic E-state index is 10.6. The Bertz CT molecular complexity index is 323.